The topological polar surface area (TPSA) is 525 Å². The quantitative estimate of drug-likeness (QED) is 0.0523. The van der Waals surface area contributed by atoms with Crippen molar-refractivity contribution in [3.63, 3.8) is 0 Å². The summed E-state index contributed by atoms with van der Waals surface area (Å²) in [6.07, 6.45) is 4.70. The minimum absolute atomic E-state index is 0.0460. The summed E-state index contributed by atoms with van der Waals surface area (Å²) < 4.78 is 21.2. The fourth-order valence-corrected chi connectivity index (χ4v) is 14.2. The monoisotopic (exact) mass is 1630 g/mol. The third kappa shape index (κ3) is 22.1. The van der Waals surface area contributed by atoms with Gasteiger partial charge in [-0.3, -0.25) is 72.5 Å². The van der Waals surface area contributed by atoms with Gasteiger partial charge in [0.05, 0.1) is 135 Å². The van der Waals surface area contributed by atoms with Gasteiger partial charge in [0.25, 0.3) is 23.6 Å². The Kier molecular flexibility index (Phi) is 30.4. The highest BCUT2D eigenvalue weighted by molar-refractivity contribution is 6.02. The van der Waals surface area contributed by atoms with E-state index in [1.165, 1.54) is 69.1 Å². The van der Waals surface area contributed by atoms with Crippen LogP contribution in [0.3, 0.4) is 0 Å². The molecule has 6 aromatic rings. The van der Waals surface area contributed by atoms with Gasteiger partial charge in [0.2, 0.25) is 41.4 Å². The average molecular weight is 1630 g/mol. The number of ether oxygens (including phenoxy) is 4. The molecule has 630 valence electrons. The number of para-hydroxylation sites is 3. The molecule has 0 bridgehead atoms. The number of carbonyl (C=O) groups excluding carboxylic acids is 12. The van der Waals surface area contributed by atoms with Gasteiger partial charge in [-0.2, -0.15) is 0 Å². The maximum absolute atomic E-state index is 13.7. The van der Waals surface area contributed by atoms with Crippen molar-refractivity contribution in [2.24, 2.45) is 35.5 Å². The number of amides is 11. The Morgan fingerprint density at radius 3 is 1.10 bits per heavy atom. The number of carbonyl (C=O) groups is 12. The number of aromatic nitrogens is 3. The Hall–Kier alpha value is -12.1. The normalized spacial score (nSPS) is 28.5. The fourth-order valence-electron chi connectivity index (χ4n) is 14.2. The van der Waals surface area contributed by atoms with Crippen LogP contribution in [0.4, 0.5) is 0 Å². The molecule has 12 rings (SSSR count). The van der Waals surface area contributed by atoms with E-state index < -0.39 is 185 Å². The molecule has 6 saturated heterocycles. The third-order valence-corrected chi connectivity index (χ3v) is 21.7. The number of aliphatic hydroxyl groups is 3. The highest BCUT2D eigenvalue weighted by atomic mass is 16.6. The minimum Gasteiger partial charge on any atom is -0.507 e. The lowest BCUT2D eigenvalue weighted by atomic mass is 9.89. The molecule has 6 fully saturated rings. The average Bonchev–Trinajstić information content (AvgIpc) is 0.488. The first kappa shape index (κ1) is 88.3. The largest absolute Gasteiger partial charge is 0.507 e. The summed E-state index contributed by atoms with van der Waals surface area (Å²) in [5, 5.41) is 91.3. The van der Waals surface area contributed by atoms with Crippen LogP contribution < -0.4 is 53.2 Å². The van der Waals surface area contributed by atoms with Gasteiger partial charge in [0.15, 0.2) is 6.10 Å². The van der Waals surface area contributed by atoms with Gasteiger partial charge in [0.1, 0.15) is 47.5 Å². The summed E-state index contributed by atoms with van der Waals surface area (Å²) in [5.74, 6) is -12.6. The minimum atomic E-state index is -1.40. The molecule has 0 aliphatic carbocycles. The van der Waals surface area contributed by atoms with Crippen molar-refractivity contribution < 1.29 is 107 Å². The molecular formula is C82H100N14O22. The summed E-state index contributed by atoms with van der Waals surface area (Å²) >= 11 is 0. The first-order valence-electron chi connectivity index (χ1n) is 38.7. The highest BCUT2D eigenvalue weighted by Crippen LogP contribution is 2.28. The zero-order chi connectivity index (χ0) is 85.2. The SMILES string of the molecule is C[C@H]1NC(=O)C(C2COC2)N(C)C(=O)[C@H](C)[C@H](O)[C@H](Cc2cccnc2)NC(=O)[C@H]1NC(=O)c1ccccc1O.C[C@H]1NC(=O)C(C2COC2)NC(=O)[C@H](C)[C@H](O)[C@H](Cc2cccnc2)NC(=O)[C@H]1NC(=O)c1ccccc1O.C[C@H]1NC(=O)C(C2COC2)OC(=O)[C@H](C)[C@H](O)[C@H](Cc2cccnc2)NC(=O)[C@H]1NC(=O)c1ccccc1O. The smallest absolute Gasteiger partial charge is 0.312 e. The molecule has 3 unspecified atom stereocenters. The summed E-state index contributed by atoms with van der Waals surface area (Å²) in [4.78, 5) is 173. The maximum Gasteiger partial charge on any atom is 0.312 e. The Bertz CT molecular complexity index is 4360. The zero-order valence-electron chi connectivity index (χ0n) is 65.8. The van der Waals surface area contributed by atoms with Crippen LogP contribution in [-0.4, -0.2) is 259 Å². The van der Waals surface area contributed by atoms with Crippen molar-refractivity contribution in [1.29, 1.82) is 0 Å². The van der Waals surface area contributed by atoms with Crippen LogP contribution in [0.2, 0.25) is 0 Å². The molecule has 3 aromatic carbocycles. The van der Waals surface area contributed by atoms with E-state index >= 15 is 0 Å². The number of rotatable bonds is 15. The van der Waals surface area contributed by atoms with Gasteiger partial charge in [-0.05, 0) is 118 Å². The van der Waals surface area contributed by atoms with Crippen molar-refractivity contribution in [1.82, 2.24) is 73.0 Å². The van der Waals surface area contributed by atoms with Crippen LogP contribution in [0.1, 0.15) is 89.3 Å². The number of hydrogen-bond donors (Lipinski definition) is 16. The molecule has 6 aliphatic heterocycles. The molecule has 16 N–H and O–H groups in total. The van der Waals surface area contributed by atoms with Crippen LogP contribution in [-0.2, 0) is 81.4 Å². The van der Waals surface area contributed by atoms with E-state index in [0.29, 0.717) is 16.7 Å². The van der Waals surface area contributed by atoms with Crippen molar-refractivity contribution in [3.8, 4) is 17.2 Å². The van der Waals surface area contributed by atoms with E-state index in [1.54, 1.807) is 131 Å². The molecule has 11 amide bonds. The highest BCUT2D eigenvalue weighted by Gasteiger charge is 2.48. The molecule has 0 radical (unpaired) electrons. The lowest BCUT2D eigenvalue weighted by Gasteiger charge is -2.41. The Balaban J connectivity index is 0.000000186. The number of benzene rings is 3. The molecule has 0 saturated carbocycles. The van der Waals surface area contributed by atoms with Gasteiger partial charge in [-0.1, -0.05) is 68.4 Å². The number of aliphatic hydroxyl groups excluding tert-OH is 3. The summed E-state index contributed by atoms with van der Waals surface area (Å²) in [7, 11) is 1.51. The van der Waals surface area contributed by atoms with E-state index in [4.69, 9.17) is 18.9 Å². The number of cyclic esters (lactones) is 1. The molecule has 118 heavy (non-hydrogen) atoms. The first-order valence-corrected chi connectivity index (χ1v) is 38.7. The van der Waals surface area contributed by atoms with Crippen molar-refractivity contribution in [2.75, 3.05) is 46.7 Å². The van der Waals surface area contributed by atoms with Gasteiger partial charge >= 0.3 is 5.97 Å². The van der Waals surface area contributed by atoms with Gasteiger partial charge in [-0.15, -0.1) is 0 Å². The molecule has 36 nitrogen and oxygen atoms in total. The molecule has 36 heteroatoms. The van der Waals surface area contributed by atoms with Gasteiger partial charge < -0.3 is 108 Å². The van der Waals surface area contributed by atoms with E-state index in [1.807, 2.05) is 0 Å². The van der Waals surface area contributed by atoms with Crippen LogP contribution in [0.5, 0.6) is 17.2 Å². The van der Waals surface area contributed by atoms with Crippen LogP contribution in [0.15, 0.2) is 146 Å². The Labute approximate surface area is 679 Å². The van der Waals surface area contributed by atoms with Crippen molar-refractivity contribution in [2.45, 2.75) is 152 Å². The molecule has 6 aliphatic rings. The first-order chi connectivity index (χ1) is 56.4. The lowest BCUT2D eigenvalue weighted by Crippen LogP contribution is -2.65. The third-order valence-electron chi connectivity index (χ3n) is 21.7. The standard InChI is InChI=1S/C28H35N5O7.C27H33N5O7.C27H32N4O8/c1-15-24(35)20(11-17-7-6-10-29-12-17)31-26(37)22(32-25(36)19-8-4-5-9-21(19)34)16(2)30-27(38)23(18-13-40-14-18)33(3)28(15)39;1-14-23(34)19(10-16-6-5-9-28-11-16)30-26(37)21(31-25(36)18-7-3-4-8-20(18)33)15(2)29-27(38)22(32-24(14)35)17-12-39-13-17;1-14-22(33)19(10-16-6-5-9-28-11-16)30-25(35)21(31-24(34)18-7-3-4-8-20(18)32)15(2)29-26(36)23(39-27(14)37)17-12-38-13-17/h4-10,12,15-16,18,20,22-24,34-35H,11,13-14H2,1-3H3,(H,30,38)(H,31,37)(H,32,36);3-9,11,14-15,17,19,21-23,33-34H,10,12-13H2,1-2H3,(H,29,38)(H,30,37)(H,31,36)(H,32,35);3-9,11,14-15,17,19,21-23,32-33H,10,12-13H2,1-2H3,(H,29,36)(H,30,35)(H,31,34)/t15-,16-,20+,22+,23?,24+;14-,15-,19+,21+,22?,23+;14-,15-,19+,21+,22+,23?/m111/s1. The summed E-state index contributed by atoms with van der Waals surface area (Å²) in [5.41, 5.74) is 1.96. The molecule has 18 atom stereocenters. The van der Waals surface area contributed by atoms with E-state index in [9.17, 15) is 88.2 Å². The summed E-state index contributed by atoms with van der Waals surface area (Å²) in [6.45, 7) is 10.6. The second-order valence-corrected chi connectivity index (χ2v) is 30.3. The zero-order valence-corrected chi connectivity index (χ0v) is 65.8. The van der Waals surface area contributed by atoms with Crippen LogP contribution in [0, 0.1) is 35.5 Å². The second kappa shape index (κ2) is 40.7. The molecule has 9 heterocycles. The number of phenols is 3. The van der Waals surface area contributed by atoms with Crippen LogP contribution in [0.25, 0.3) is 0 Å². The molecule has 0 spiro atoms. The van der Waals surface area contributed by atoms with Crippen LogP contribution >= 0.6 is 0 Å². The molecule has 3 aromatic heterocycles. The van der Waals surface area contributed by atoms with E-state index in [2.05, 4.69) is 68.1 Å². The fraction of sp³-hybridized carbons (Fsp3) is 0.451. The lowest BCUT2D eigenvalue weighted by molar-refractivity contribution is -0.178. The summed E-state index contributed by atoms with van der Waals surface area (Å²) in [6, 6.07) is 16.6. The van der Waals surface area contributed by atoms with Crippen molar-refractivity contribution >= 4 is 70.9 Å². The number of nitrogens with one attached hydrogen (secondary N) is 10. The van der Waals surface area contributed by atoms with Crippen molar-refractivity contribution in [3.05, 3.63) is 180 Å². The number of pyridine rings is 3. The van der Waals surface area contributed by atoms with Gasteiger partial charge in [0, 0.05) is 56.1 Å². The van der Waals surface area contributed by atoms with Gasteiger partial charge in [-0.25, -0.2) is 0 Å². The number of nitrogens with zero attached hydrogens (tertiary/aromatic N) is 4. The Morgan fingerprint density at radius 2 is 0.754 bits per heavy atom. The Morgan fingerprint density at radius 1 is 0.407 bits per heavy atom. The number of aromatic hydroxyl groups is 3. The predicted molar refractivity (Wildman–Crippen MR) is 417 cm³/mol. The number of hydrogen-bond acceptors (Lipinski definition) is 25. The second-order valence-electron chi connectivity index (χ2n) is 30.3. The number of likely N-dealkylation sites (N-methyl/N-ethyl adjacent to an activating group) is 1. The van der Waals surface area contributed by atoms with E-state index in [-0.39, 0.29) is 105 Å². The van der Waals surface area contributed by atoms with E-state index in [0.717, 1.165) is 0 Å². The number of esters is 1. The maximum atomic E-state index is 13.7. The molecular weight excluding hydrogens is 1530 g/mol. The number of phenolic OH excluding ortho intramolecular Hbond substituents is 3. The predicted octanol–water partition coefficient (Wildman–Crippen LogP) is -1.45.